The number of benzene rings is 1. The number of carbonyl (C=O) groups is 1. The van der Waals surface area contributed by atoms with E-state index in [2.05, 4.69) is 15.0 Å². The Bertz CT molecular complexity index is 2040. The highest BCUT2D eigenvalue weighted by molar-refractivity contribution is 5.92. The van der Waals surface area contributed by atoms with Gasteiger partial charge in [-0.25, -0.2) is 41.1 Å². The predicted molar refractivity (Wildman–Crippen MR) is 187 cm³/mol. The maximum atomic E-state index is 16.5. The molecule has 280 valence electrons. The van der Waals surface area contributed by atoms with E-state index in [1.807, 2.05) is 20.8 Å². The third-order valence-electron chi connectivity index (χ3n) is 9.73. The van der Waals surface area contributed by atoms with Crippen LogP contribution >= 0.6 is 0 Å². The van der Waals surface area contributed by atoms with Gasteiger partial charge in [-0.15, -0.1) is 0 Å². The molecule has 2 aromatic heterocycles. The van der Waals surface area contributed by atoms with Crippen LogP contribution in [0.25, 0.3) is 28.0 Å². The molecule has 0 radical (unpaired) electrons. The van der Waals surface area contributed by atoms with Gasteiger partial charge in [-0.3, -0.25) is 4.99 Å². The molecule has 2 bridgehead atoms. The lowest BCUT2D eigenvalue weighted by atomic mass is 9.82. The standard InChI is InChI=1S/C37H43F5N6O4/c1-18(2)29-31-22(19(3)14-43-29)11-12-37(41,42)17-51-26-10-9-24(38)28(40)27(26)30-25(39)13-23-32(45-34(49)48(31)33(23)44-30)46-15-21(5)47(16-20(46)4)35(50)52-36(6,7)8/h9-10,13-14,18-22H,11-12,15-17H2,1-8H3/t19?,20-,21+,22?/m0/s1. The van der Waals surface area contributed by atoms with Crippen LogP contribution in [0.4, 0.5) is 32.6 Å². The van der Waals surface area contributed by atoms with Crippen molar-refractivity contribution in [3.05, 3.63) is 51.8 Å². The average molecular weight is 731 g/mol. The molecule has 2 unspecified atom stereocenters. The summed E-state index contributed by atoms with van der Waals surface area (Å²) in [5, 5.41) is 0.0571. The van der Waals surface area contributed by atoms with E-state index in [1.54, 1.807) is 50.6 Å². The number of halogens is 5. The number of anilines is 1. The number of pyridine rings is 1. The number of amides is 1. The first-order chi connectivity index (χ1) is 24.3. The highest BCUT2D eigenvalue weighted by Gasteiger charge is 2.40. The minimum absolute atomic E-state index is 0.0556. The third kappa shape index (κ3) is 6.85. The maximum Gasteiger partial charge on any atom is 0.410 e. The molecule has 1 fully saturated rings. The molecule has 10 nitrogen and oxygen atoms in total. The molecule has 0 aliphatic carbocycles. The lowest BCUT2D eigenvalue weighted by molar-refractivity contribution is -0.0512. The number of ether oxygens (including phenoxy) is 2. The van der Waals surface area contributed by atoms with Crippen LogP contribution in [0.2, 0.25) is 0 Å². The van der Waals surface area contributed by atoms with Crippen molar-refractivity contribution in [1.29, 1.82) is 0 Å². The lowest BCUT2D eigenvalue weighted by Gasteiger charge is -2.45. The summed E-state index contributed by atoms with van der Waals surface area (Å²) in [4.78, 5) is 44.6. The number of nitrogens with zero attached hydrogens (tertiary/aromatic N) is 6. The van der Waals surface area contributed by atoms with Gasteiger partial charge in [0.1, 0.15) is 22.9 Å². The van der Waals surface area contributed by atoms with Crippen LogP contribution in [-0.2, 0) is 4.74 Å². The number of allylic oxidation sites excluding steroid dienone is 2. The first-order valence-electron chi connectivity index (χ1n) is 17.4. The summed E-state index contributed by atoms with van der Waals surface area (Å²) in [5.74, 6) is -9.37. The average Bonchev–Trinajstić information content (AvgIpc) is 3.05. The molecular formula is C37H43F5N6O4. The van der Waals surface area contributed by atoms with Crippen LogP contribution in [-0.4, -0.2) is 75.0 Å². The Balaban J connectivity index is 1.65. The van der Waals surface area contributed by atoms with Crippen LogP contribution in [0, 0.1) is 35.2 Å². The Morgan fingerprint density at radius 3 is 2.42 bits per heavy atom. The van der Waals surface area contributed by atoms with Gasteiger partial charge in [0, 0.05) is 43.7 Å². The number of carbonyl (C=O) groups excluding carboxylic acids is 1. The highest BCUT2D eigenvalue weighted by Crippen LogP contribution is 2.43. The minimum atomic E-state index is -3.44. The second kappa shape index (κ2) is 13.4. The number of rotatable bonds is 2. The number of aromatic nitrogens is 3. The van der Waals surface area contributed by atoms with Crippen molar-refractivity contribution in [2.45, 2.75) is 91.8 Å². The van der Waals surface area contributed by atoms with Crippen molar-refractivity contribution in [2.24, 2.45) is 22.7 Å². The zero-order valence-electron chi connectivity index (χ0n) is 30.4. The molecule has 3 aromatic rings. The minimum Gasteiger partial charge on any atom is -0.486 e. The maximum absolute atomic E-state index is 16.5. The number of hydrogen-bond donors (Lipinski definition) is 0. The van der Waals surface area contributed by atoms with Gasteiger partial charge in [0.2, 0.25) is 0 Å². The summed E-state index contributed by atoms with van der Waals surface area (Å²) in [6.45, 7) is 13.5. The van der Waals surface area contributed by atoms with Crippen molar-refractivity contribution < 1.29 is 36.2 Å². The zero-order chi connectivity index (χ0) is 38.0. The summed E-state index contributed by atoms with van der Waals surface area (Å²) >= 11 is 0. The molecule has 0 saturated carbocycles. The molecule has 0 spiro atoms. The number of hydrogen-bond acceptors (Lipinski definition) is 8. The van der Waals surface area contributed by atoms with Crippen LogP contribution in [0.15, 0.2) is 33.7 Å². The SMILES string of the molecule is CC(C)C1=C2C(CCC(F)(F)COc3ccc(F)c(F)c3-c3nc4c(cc3F)c(N3C[C@@H](C)N(C(=O)OC(C)(C)C)C[C@@H]3C)nc(=O)n42)C(C)C=N1. The van der Waals surface area contributed by atoms with Gasteiger partial charge in [-0.2, -0.15) is 4.98 Å². The van der Waals surface area contributed by atoms with Gasteiger partial charge in [-0.1, -0.05) is 20.8 Å². The Hall–Kier alpha value is -4.56. The summed E-state index contributed by atoms with van der Waals surface area (Å²) in [7, 11) is 0. The van der Waals surface area contributed by atoms with Crippen molar-refractivity contribution in [2.75, 3.05) is 24.6 Å². The molecule has 5 heterocycles. The van der Waals surface area contributed by atoms with Gasteiger partial charge in [0.25, 0.3) is 5.92 Å². The number of piperazine rings is 1. The second-order valence-electron chi connectivity index (χ2n) is 15.3. The summed E-state index contributed by atoms with van der Waals surface area (Å²) < 4.78 is 89.9. The fourth-order valence-electron chi connectivity index (χ4n) is 7.14. The van der Waals surface area contributed by atoms with Gasteiger partial charge < -0.3 is 19.3 Å². The van der Waals surface area contributed by atoms with Gasteiger partial charge in [0.05, 0.1) is 22.3 Å². The smallest absolute Gasteiger partial charge is 0.410 e. The molecule has 6 rings (SSSR count). The predicted octanol–water partition coefficient (Wildman–Crippen LogP) is 7.68. The van der Waals surface area contributed by atoms with Crippen LogP contribution in [0.5, 0.6) is 5.75 Å². The quantitative estimate of drug-likeness (QED) is 0.250. The topological polar surface area (TPSA) is 102 Å². The molecule has 1 aromatic carbocycles. The van der Waals surface area contributed by atoms with Gasteiger partial charge in [-0.05, 0) is 71.1 Å². The Kier molecular flexibility index (Phi) is 9.62. The van der Waals surface area contributed by atoms with E-state index in [0.717, 1.165) is 16.7 Å². The van der Waals surface area contributed by atoms with Crippen molar-refractivity contribution in [1.82, 2.24) is 19.4 Å². The summed E-state index contributed by atoms with van der Waals surface area (Å²) in [6, 6.07) is 1.80. The number of aliphatic imine (C=N–C) groups is 1. The summed E-state index contributed by atoms with van der Waals surface area (Å²) in [6.07, 6.45) is 0.362. The lowest BCUT2D eigenvalue weighted by Crippen LogP contribution is -2.59. The fourth-order valence-corrected chi connectivity index (χ4v) is 7.14. The van der Waals surface area contributed by atoms with Crippen LogP contribution in [0.1, 0.15) is 68.2 Å². The van der Waals surface area contributed by atoms with Crippen molar-refractivity contribution >= 4 is 34.9 Å². The molecule has 0 N–H and O–H groups in total. The number of fused-ring (bicyclic) bond motifs is 5. The second-order valence-corrected chi connectivity index (χ2v) is 15.3. The molecule has 4 atom stereocenters. The van der Waals surface area contributed by atoms with Gasteiger partial charge >= 0.3 is 11.8 Å². The molecule has 52 heavy (non-hydrogen) atoms. The molecule has 3 aliphatic rings. The van der Waals surface area contributed by atoms with E-state index >= 15 is 17.6 Å². The monoisotopic (exact) mass is 730 g/mol. The Labute approximate surface area is 298 Å². The van der Waals surface area contributed by atoms with Crippen molar-refractivity contribution in [3.8, 4) is 17.0 Å². The normalized spacial score (nSPS) is 23.5. The van der Waals surface area contributed by atoms with Gasteiger partial charge in [0.15, 0.2) is 29.7 Å². The van der Waals surface area contributed by atoms with Crippen LogP contribution < -0.4 is 15.3 Å². The largest absolute Gasteiger partial charge is 0.486 e. The van der Waals surface area contributed by atoms with Crippen LogP contribution in [0.3, 0.4) is 0 Å². The van der Waals surface area contributed by atoms with Crippen molar-refractivity contribution in [3.63, 3.8) is 0 Å². The van der Waals surface area contributed by atoms with E-state index in [1.165, 1.54) is 0 Å². The third-order valence-corrected chi connectivity index (χ3v) is 9.73. The molecule has 1 amide bonds. The first-order valence-corrected chi connectivity index (χ1v) is 17.4. The molecule has 3 aliphatic heterocycles. The zero-order valence-corrected chi connectivity index (χ0v) is 30.4. The van der Waals surface area contributed by atoms with E-state index < -0.39 is 94.7 Å². The first kappa shape index (κ1) is 37.2. The Morgan fingerprint density at radius 1 is 1.04 bits per heavy atom. The highest BCUT2D eigenvalue weighted by atomic mass is 19.3. The van der Waals surface area contributed by atoms with E-state index in [-0.39, 0.29) is 48.0 Å². The fraction of sp³-hybridized carbons (Fsp3) is 0.541. The van der Waals surface area contributed by atoms with E-state index in [9.17, 15) is 14.0 Å². The number of alkyl halides is 2. The van der Waals surface area contributed by atoms with E-state index in [4.69, 9.17) is 9.47 Å². The summed E-state index contributed by atoms with van der Waals surface area (Å²) in [5.41, 5.74) is -2.57. The molecule has 1 saturated heterocycles. The Morgan fingerprint density at radius 2 is 1.75 bits per heavy atom. The van der Waals surface area contributed by atoms with E-state index in [0.29, 0.717) is 11.8 Å². The molecular weight excluding hydrogens is 687 g/mol. The molecule has 15 heteroatoms.